The summed E-state index contributed by atoms with van der Waals surface area (Å²) in [6, 6.07) is 7.61. The molecule has 1 aromatic carbocycles. The van der Waals surface area contributed by atoms with Gasteiger partial charge < -0.3 is 9.47 Å². The van der Waals surface area contributed by atoms with Crippen molar-refractivity contribution < 1.29 is 14.3 Å². The Morgan fingerprint density at radius 2 is 2.17 bits per heavy atom. The molecule has 3 nitrogen and oxygen atoms in total. The van der Waals surface area contributed by atoms with Crippen LogP contribution >= 0.6 is 23.4 Å². The molecule has 0 aromatic heterocycles. The first-order chi connectivity index (χ1) is 8.72. The molecule has 0 amide bonds. The summed E-state index contributed by atoms with van der Waals surface area (Å²) < 4.78 is 10.3. The number of thioether (sulfide) groups is 1. The molecule has 5 heteroatoms. The maximum absolute atomic E-state index is 11.8. The zero-order valence-corrected chi connectivity index (χ0v) is 11.7. The third-order valence-corrected chi connectivity index (χ3v) is 4.50. The van der Waals surface area contributed by atoms with Crippen molar-refractivity contribution in [2.45, 2.75) is 5.25 Å². The molecule has 1 fully saturated rings. The number of carbonyl (C=O) groups is 1. The molecule has 2 rings (SSSR count). The number of hydrogen-bond acceptors (Lipinski definition) is 4. The van der Waals surface area contributed by atoms with Crippen molar-refractivity contribution in [1.82, 2.24) is 0 Å². The first kappa shape index (κ1) is 13.7. The lowest BCUT2D eigenvalue weighted by Gasteiger charge is -2.22. The van der Waals surface area contributed by atoms with E-state index in [1.165, 1.54) is 7.11 Å². The predicted octanol–water partition coefficient (Wildman–Crippen LogP) is 2.93. The lowest BCUT2D eigenvalue weighted by molar-refractivity contribution is -0.147. The van der Waals surface area contributed by atoms with Crippen molar-refractivity contribution in [3.63, 3.8) is 0 Å². The molecule has 1 aliphatic rings. The minimum atomic E-state index is -0.260. The number of esters is 1. The van der Waals surface area contributed by atoms with Crippen LogP contribution in [0, 0.1) is 5.92 Å². The second-order valence-electron chi connectivity index (χ2n) is 4.05. The molecule has 98 valence electrons. The van der Waals surface area contributed by atoms with Gasteiger partial charge in [-0.15, -0.1) is 0 Å². The summed E-state index contributed by atoms with van der Waals surface area (Å²) in [5.74, 6) is 0.397. The Morgan fingerprint density at radius 1 is 1.44 bits per heavy atom. The van der Waals surface area contributed by atoms with Crippen LogP contribution in [0.2, 0.25) is 5.02 Å². The van der Waals surface area contributed by atoms with Crippen molar-refractivity contribution >= 4 is 29.3 Å². The number of carbonyl (C=O) groups excluding carboxylic acids is 1. The Labute approximate surface area is 116 Å². The predicted molar refractivity (Wildman–Crippen MR) is 73.0 cm³/mol. The Kier molecular flexibility index (Phi) is 4.92. The third kappa shape index (κ3) is 3.19. The number of hydrogen-bond donors (Lipinski definition) is 0. The van der Waals surface area contributed by atoms with Crippen molar-refractivity contribution in [2.75, 3.05) is 26.1 Å². The second kappa shape index (κ2) is 6.45. The van der Waals surface area contributed by atoms with Gasteiger partial charge in [0.05, 0.1) is 26.2 Å². The van der Waals surface area contributed by atoms with Gasteiger partial charge in [0.1, 0.15) is 0 Å². The average molecular weight is 287 g/mol. The SMILES string of the molecule is COC(=O)C1COCCSC1c1ccc(Cl)cc1. The van der Waals surface area contributed by atoms with E-state index in [0.29, 0.717) is 18.2 Å². The quantitative estimate of drug-likeness (QED) is 0.783. The summed E-state index contributed by atoms with van der Waals surface area (Å²) >= 11 is 7.61. The summed E-state index contributed by atoms with van der Waals surface area (Å²) in [6.07, 6.45) is 0. The number of halogens is 1. The molecule has 0 spiro atoms. The van der Waals surface area contributed by atoms with Crippen LogP contribution in [-0.4, -0.2) is 32.0 Å². The highest BCUT2D eigenvalue weighted by molar-refractivity contribution is 7.99. The van der Waals surface area contributed by atoms with Gasteiger partial charge in [0.25, 0.3) is 0 Å². The largest absolute Gasteiger partial charge is 0.469 e. The Hall–Kier alpha value is -0.710. The molecule has 0 saturated carbocycles. The van der Waals surface area contributed by atoms with Crippen molar-refractivity contribution in [3.05, 3.63) is 34.9 Å². The number of methoxy groups -OCH3 is 1. The molecule has 1 aromatic rings. The lowest BCUT2D eigenvalue weighted by Crippen LogP contribution is -2.25. The zero-order chi connectivity index (χ0) is 13.0. The minimum absolute atomic E-state index is 0.0669. The molecule has 1 saturated heterocycles. The smallest absolute Gasteiger partial charge is 0.312 e. The molecule has 0 aliphatic carbocycles. The van der Waals surface area contributed by atoms with Gasteiger partial charge in [-0.1, -0.05) is 23.7 Å². The van der Waals surface area contributed by atoms with Crippen LogP contribution < -0.4 is 0 Å². The maximum Gasteiger partial charge on any atom is 0.312 e. The zero-order valence-electron chi connectivity index (χ0n) is 10.1. The van der Waals surface area contributed by atoms with Gasteiger partial charge >= 0.3 is 5.97 Å². The van der Waals surface area contributed by atoms with Crippen molar-refractivity contribution in [2.24, 2.45) is 5.92 Å². The van der Waals surface area contributed by atoms with E-state index in [4.69, 9.17) is 21.1 Å². The van der Waals surface area contributed by atoms with E-state index in [1.807, 2.05) is 24.3 Å². The van der Waals surface area contributed by atoms with Gasteiger partial charge in [-0.25, -0.2) is 0 Å². The number of benzene rings is 1. The van der Waals surface area contributed by atoms with Gasteiger partial charge in [0, 0.05) is 16.0 Å². The number of ether oxygens (including phenoxy) is 2. The van der Waals surface area contributed by atoms with Crippen LogP contribution in [0.25, 0.3) is 0 Å². The van der Waals surface area contributed by atoms with Crippen LogP contribution in [0.3, 0.4) is 0 Å². The molecular formula is C13H15ClO3S. The van der Waals surface area contributed by atoms with Gasteiger partial charge in [0.15, 0.2) is 0 Å². The summed E-state index contributed by atoms with van der Waals surface area (Å²) in [4.78, 5) is 11.8. The van der Waals surface area contributed by atoms with E-state index in [-0.39, 0.29) is 17.1 Å². The van der Waals surface area contributed by atoms with Crippen LogP contribution in [-0.2, 0) is 14.3 Å². The Bertz CT molecular complexity index is 407. The maximum atomic E-state index is 11.8. The molecule has 1 aliphatic heterocycles. The van der Waals surface area contributed by atoms with E-state index in [9.17, 15) is 4.79 Å². The van der Waals surface area contributed by atoms with Gasteiger partial charge in [-0.2, -0.15) is 11.8 Å². The summed E-state index contributed by atoms with van der Waals surface area (Å²) in [5, 5.41) is 0.764. The topological polar surface area (TPSA) is 35.5 Å². The fourth-order valence-corrected chi connectivity index (χ4v) is 3.34. The molecule has 0 N–H and O–H groups in total. The Balaban J connectivity index is 2.24. The average Bonchev–Trinajstić information content (AvgIpc) is 2.64. The van der Waals surface area contributed by atoms with Crippen LogP contribution in [0.5, 0.6) is 0 Å². The summed E-state index contributed by atoms with van der Waals surface area (Å²) in [6.45, 7) is 1.08. The molecule has 0 radical (unpaired) electrons. The lowest BCUT2D eigenvalue weighted by atomic mass is 9.99. The highest BCUT2D eigenvalue weighted by atomic mass is 35.5. The molecule has 2 atom stereocenters. The molecule has 2 unspecified atom stereocenters. The molecule has 18 heavy (non-hydrogen) atoms. The third-order valence-electron chi connectivity index (χ3n) is 2.89. The fraction of sp³-hybridized carbons (Fsp3) is 0.462. The van der Waals surface area contributed by atoms with Crippen LogP contribution in [0.4, 0.5) is 0 Å². The molecule has 0 bridgehead atoms. The molecular weight excluding hydrogens is 272 g/mol. The van der Waals surface area contributed by atoms with E-state index < -0.39 is 0 Å². The normalized spacial score (nSPS) is 24.3. The van der Waals surface area contributed by atoms with E-state index in [2.05, 4.69) is 0 Å². The van der Waals surface area contributed by atoms with Gasteiger partial charge in [-0.05, 0) is 17.7 Å². The van der Waals surface area contributed by atoms with Crippen molar-refractivity contribution in [3.8, 4) is 0 Å². The second-order valence-corrected chi connectivity index (χ2v) is 5.73. The van der Waals surface area contributed by atoms with Crippen LogP contribution in [0.15, 0.2) is 24.3 Å². The standard InChI is InChI=1S/C13H15ClO3S/c1-16-13(15)11-8-17-6-7-18-12(11)9-2-4-10(14)5-3-9/h2-5,11-12H,6-8H2,1H3. The van der Waals surface area contributed by atoms with Gasteiger partial charge in [0.2, 0.25) is 0 Å². The minimum Gasteiger partial charge on any atom is -0.469 e. The summed E-state index contributed by atoms with van der Waals surface area (Å²) in [5.41, 5.74) is 1.09. The number of rotatable bonds is 2. The highest BCUT2D eigenvalue weighted by Crippen LogP contribution is 2.38. The molecule has 1 heterocycles. The van der Waals surface area contributed by atoms with E-state index in [1.54, 1.807) is 11.8 Å². The highest BCUT2D eigenvalue weighted by Gasteiger charge is 2.32. The van der Waals surface area contributed by atoms with E-state index >= 15 is 0 Å². The first-order valence-electron chi connectivity index (χ1n) is 5.75. The van der Waals surface area contributed by atoms with Crippen LogP contribution in [0.1, 0.15) is 10.8 Å². The monoisotopic (exact) mass is 286 g/mol. The van der Waals surface area contributed by atoms with Gasteiger partial charge in [-0.3, -0.25) is 4.79 Å². The van der Waals surface area contributed by atoms with Crippen molar-refractivity contribution in [1.29, 1.82) is 0 Å². The first-order valence-corrected chi connectivity index (χ1v) is 7.17. The summed E-state index contributed by atoms with van der Waals surface area (Å²) in [7, 11) is 1.41. The Morgan fingerprint density at radius 3 is 2.83 bits per heavy atom. The van der Waals surface area contributed by atoms with E-state index in [0.717, 1.165) is 11.3 Å². The fourth-order valence-electron chi connectivity index (χ4n) is 1.97.